The van der Waals surface area contributed by atoms with Gasteiger partial charge in [0.2, 0.25) is 0 Å². The second kappa shape index (κ2) is 3.05. The van der Waals surface area contributed by atoms with Crippen LogP contribution in [-0.2, 0) is 4.79 Å². The van der Waals surface area contributed by atoms with Crippen LogP contribution in [0.1, 0.15) is 19.8 Å². The van der Waals surface area contributed by atoms with Crippen molar-refractivity contribution < 1.29 is 4.79 Å². The van der Waals surface area contributed by atoms with Gasteiger partial charge in [-0.05, 0) is 13.3 Å². The molecule has 1 aliphatic rings. The van der Waals surface area contributed by atoms with Gasteiger partial charge in [-0.2, -0.15) is 0 Å². The molecule has 0 aromatic carbocycles. The molecule has 0 saturated carbocycles. The van der Waals surface area contributed by atoms with E-state index in [0.29, 0.717) is 6.42 Å². The van der Waals surface area contributed by atoms with E-state index in [4.69, 9.17) is 5.73 Å². The molecule has 0 heterocycles. The molecule has 0 aromatic heterocycles. The second-order valence-corrected chi connectivity index (χ2v) is 2.85. The van der Waals surface area contributed by atoms with Gasteiger partial charge in [0.15, 0.2) is 5.78 Å². The minimum absolute atomic E-state index is 0.132. The molecule has 3 heteroatoms. The molecule has 0 bridgehead atoms. The Kier molecular flexibility index (Phi) is 2.29. The lowest BCUT2D eigenvalue weighted by Gasteiger charge is -2.08. The van der Waals surface area contributed by atoms with Crippen LogP contribution in [0.5, 0.6) is 0 Å². The average Bonchev–Trinajstić information content (AvgIpc) is 2.30. The van der Waals surface area contributed by atoms with Crippen LogP contribution in [0.25, 0.3) is 0 Å². The molecule has 0 radical (unpaired) electrons. The van der Waals surface area contributed by atoms with Crippen LogP contribution in [0.3, 0.4) is 0 Å². The number of carbonyl (C=O) groups excluding carboxylic acids is 1. The zero-order valence-corrected chi connectivity index (χ0v) is 6.98. The van der Waals surface area contributed by atoms with Crippen molar-refractivity contribution in [2.24, 2.45) is 5.73 Å². The lowest BCUT2D eigenvalue weighted by molar-refractivity contribution is -0.115. The molecule has 0 fully saturated rings. The van der Waals surface area contributed by atoms with Gasteiger partial charge >= 0.3 is 0 Å². The van der Waals surface area contributed by atoms with Crippen molar-refractivity contribution in [2.75, 3.05) is 7.05 Å². The van der Waals surface area contributed by atoms with Gasteiger partial charge < -0.3 is 11.1 Å². The van der Waals surface area contributed by atoms with E-state index in [1.807, 2.05) is 14.0 Å². The minimum atomic E-state index is -0.132. The number of ketones is 1. The van der Waals surface area contributed by atoms with Crippen molar-refractivity contribution in [3.05, 3.63) is 11.3 Å². The summed E-state index contributed by atoms with van der Waals surface area (Å²) in [5.41, 5.74) is 7.44. The molecule has 0 aromatic rings. The first-order chi connectivity index (χ1) is 5.16. The van der Waals surface area contributed by atoms with Crippen molar-refractivity contribution in [3.8, 4) is 0 Å². The summed E-state index contributed by atoms with van der Waals surface area (Å²) in [7, 11) is 1.83. The monoisotopic (exact) mass is 154 g/mol. The maximum absolute atomic E-state index is 11.2. The number of hydrogen-bond donors (Lipinski definition) is 2. The second-order valence-electron chi connectivity index (χ2n) is 2.85. The Morgan fingerprint density at radius 3 is 2.55 bits per heavy atom. The zero-order valence-electron chi connectivity index (χ0n) is 6.98. The van der Waals surface area contributed by atoms with Crippen LogP contribution >= 0.6 is 0 Å². The Labute approximate surface area is 66.6 Å². The van der Waals surface area contributed by atoms with Crippen molar-refractivity contribution in [1.82, 2.24) is 5.32 Å². The van der Waals surface area contributed by atoms with Crippen molar-refractivity contribution >= 4 is 5.78 Å². The fourth-order valence-electron chi connectivity index (χ4n) is 1.46. The van der Waals surface area contributed by atoms with Gasteiger partial charge in [-0.15, -0.1) is 0 Å². The molecule has 0 amide bonds. The number of hydrogen-bond acceptors (Lipinski definition) is 3. The normalized spacial score (nSPS) is 20.8. The standard InChI is InChI=1S/C8H14N2O/c1-5(9)8-6(10-2)3-4-7(8)11/h5,10H,3-4,9H2,1-2H3. The average molecular weight is 154 g/mol. The highest BCUT2D eigenvalue weighted by Gasteiger charge is 2.24. The predicted molar refractivity (Wildman–Crippen MR) is 44.0 cm³/mol. The maximum Gasteiger partial charge on any atom is 0.162 e. The summed E-state index contributed by atoms with van der Waals surface area (Å²) in [5, 5.41) is 3.00. The van der Waals surface area contributed by atoms with E-state index in [9.17, 15) is 4.79 Å². The third-order valence-corrected chi connectivity index (χ3v) is 1.98. The zero-order chi connectivity index (χ0) is 8.43. The molecule has 1 unspecified atom stereocenters. The fourth-order valence-corrected chi connectivity index (χ4v) is 1.46. The first kappa shape index (κ1) is 8.27. The van der Waals surface area contributed by atoms with E-state index in [2.05, 4.69) is 5.32 Å². The van der Waals surface area contributed by atoms with Crippen LogP contribution in [0.4, 0.5) is 0 Å². The van der Waals surface area contributed by atoms with Crippen LogP contribution in [-0.4, -0.2) is 18.9 Å². The van der Waals surface area contributed by atoms with Crippen molar-refractivity contribution in [1.29, 1.82) is 0 Å². The van der Waals surface area contributed by atoms with Gasteiger partial charge in [-0.1, -0.05) is 0 Å². The van der Waals surface area contributed by atoms with E-state index < -0.39 is 0 Å². The van der Waals surface area contributed by atoms with Crippen molar-refractivity contribution in [3.63, 3.8) is 0 Å². The van der Waals surface area contributed by atoms with Gasteiger partial charge in [0.05, 0.1) is 0 Å². The molecule has 0 spiro atoms. The van der Waals surface area contributed by atoms with E-state index in [-0.39, 0.29) is 11.8 Å². The maximum atomic E-state index is 11.2. The Hall–Kier alpha value is -0.830. The lowest BCUT2D eigenvalue weighted by Crippen LogP contribution is -2.24. The smallest absolute Gasteiger partial charge is 0.162 e. The number of rotatable bonds is 2. The molecule has 62 valence electrons. The largest absolute Gasteiger partial charge is 0.391 e. The first-order valence-corrected chi connectivity index (χ1v) is 3.86. The summed E-state index contributed by atoms with van der Waals surface area (Å²) in [4.78, 5) is 11.2. The Bertz CT molecular complexity index is 206. The van der Waals surface area contributed by atoms with Gasteiger partial charge in [0, 0.05) is 30.8 Å². The van der Waals surface area contributed by atoms with E-state index in [0.717, 1.165) is 17.7 Å². The lowest BCUT2D eigenvalue weighted by atomic mass is 10.1. The van der Waals surface area contributed by atoms with E-state index in [1.165, 1.54) is 0 Å². The molecule has 1 atom stereocenters. The molecule has 0 saturated heterocycles. The van der Waals surface area contributed by atoms with Crippen molar-refractivity contribution in [2.45, 2.75) is 25.8 Å². The highest BCUT2D eigenvalue weighted by Crippen LogP contribution is 2.21. The summed E-state index contributed by atoms with van der Waals surface area (Å²) in [6.45, 7) is 1.84. The molecular weight excluding hydrogens is 140 g/mol. The molecule has 3 N–H and O–H groups in total. The molecule has 0 aliphatic heterocycles. The third-order valence-electron chi connectivity index (χ3n) is 1.98. The van der Waals surface area contributed by atoms with Crippen LogP contribution in [0.2, 0.25) is 0 Å². The topological polar surface area (TPSA) is 55.1 Å². The number of nitrogens with one attached hydrogen (secondary N) is 1. The molecular formula is C8H14N2O. The summed E-state index contributed by atoms with van der Waals surface area (Å²) in [5.74, 6) is 0.198. The summed E-state index contributed by atoms with van der Waals surface area (Å²) >= 11 is 0. The number of carbonyl (C=O) groups is 1. The number of Topliss-reactive ketones (excluding diaryl/α,β-unsaturated/α-hetero) is 1. The molecule has 11 heavy (non-hydrogen) atoms. The molecule has 3 nitrogen and oxygen atoms in total. The van der Waals surface area contributed by atoms with Gasteiger partial charge in [0.25, 0.3) is 0 Å². The highest BCUT2D eigenvalue weighted by molar-refractivity contribution is 5.99. The summed E-state index contributed by atoms with van der Waals surface area (Å²) < 4.78 is 0. The number of allylic oxidation sites excluding steroid dienone is 1. The Morgan fingerprint density at radius 2 is 2.18 bits per heavy atom. The van der Waals surface area contributed by atoms with E-state index >= 15 is 0 Å². The van der Waals surface area contributed by atoms with Crippen LogP contribution in [0.15, 0.2) is 11.3 Å². The highest BCUT2D eigenvalue weighted by atomic mass is 16.1. The predicted octanol–water partition coefficient (Wildman–Crippen LogP) is 0.170. The SMILES string of the molecule is CNC1=C(C(C)N)C(=O)CC1. The van der Waals surface area contributed by atoms with Gasteiger partial charge in [-0.3, -0.25) is 4.79 Å². The molecule has 1 rings (SSSR count). The fraction of sp³-hybridized carbons (Fsp3) is 0.625. The van der Waals surface area contributed by atoms with E-state index in [1.54, 1.807) is 0 Å². The summed E-state index contributed by atoms with van der Waals surface area (Å²) in [6, 6.07) is -0.132. The molecule has 1 aliphatic carbocycles. The van der Waals surface area contributed by atoms with Crippen LogP contribution in [0, 0.1) is 0 Å². The Balaban J connectivity index is 2.90. The number of nitrogens with two attached hydrogens (primary N) is 1. The minimum Gasteiger partial charge on any atom is -0.391 e. The van der Waals surface area contributed by atoms with Crippen LogP contribution < -0.4 is 11.1 Å². The van der Waals surface area contributed by atoms with Gasteiger partial charge in [0.1, 0.15) is 0 Å². The Morgan fingerprint density at radius 1 is 1.55 bits per heavy atom. The summed E-state index contributed by atoms with van der Waals surface area (Å²) in [6.07, 6.45) is 1.44. The van der Waals surface area contributed by atoms with Gasteiger partial charge in [-0.25, -0.2) is 0 Å². The quantitative estimate of drug-likeness (QED) is 0.596. The third kappa shape index (κ3) is 1.43. The first-order valence-electron chi connectivity index (χ1n) is 3.86.